The van der Waals surface area contributed by atoms with E-state index in [1.807, 2.05) is 43.3 Å². The molecule has 0 saturated carbocycles. The first-order valence-corrected chi connectivity index (χ1v) is 9.26. The van der Waals surface area contributed by atoms with E-state index in [1.54, 1.807) is 12.3 Å². The lowest BCUT2D eigenvalue weighted by atomic mass is 10.2. The lowest BCUT2D eigenvalue weighted by Gasteiger charge is -2.08. The van der Waals surface area contributed by atoms with Crippen LogP contribution in [0.25, 0.3) is 0 Å². The third-order valence-corrected chi connectivity index (χ3v) is 5.17. The Hall–Kier alpha value is -2.73. The van der Waals surface area contributed by atoms with Crippen molar-refractivity contribution in [3.8, 4) is 5.75 Å². The van der Waals surface area contributed by atoms with Crippen LogP contribution in [0.5, 0.6) is 5.75 Å². The number of thiazole rings is 1. The van der Waals surface area contributed by atoms with Gasteiger partial charge in [-0.1, -0.05) is 26.0 Å². The highest BCUT2D eigenvalue weighted by molar-refractivity contribution is 7.14. The van der Waals surface area contributed by atoms with E-state index in [1.165, 1.54) is 11.3 Å². The predicted octanol–water partition coefficient (Wildman–Crippen LogP) is 4.80. The van der Waals surface area contributed by atoms with E-state index in [0.717, 1.165) is 16.4 Å². The van der Waals surface area contributed by atoms with Crippen LogP contribution in [0.3, 0.4) is 0 Å². The van der Waals surface area contributed by atoms with Crippen LogP contribution in [0.4, 0.5) is 5.69 Å². The lowest BCUT2D eigenvalue weighted by Crippen LogP contribution is -2.11. The van der Waals surface area contributed by atoms with Gasteiger partial charge in [-0.15, -0.1) is 11.3 Å². The van der Waals surface area contributed by atoms with Crippen molar-refractivity contribution in [2.45, 2.75) is 33.3 Å². The summed E-state index contributed by atoms with van der Waals surface area (Å²) in [7, 11) is 0. The standard InChI is InChI=1S/C20H21N3O2S/c1-13(2)20-22-14(3)18(26-20)19(24)23-15-8-6-9-17(11-15)25-12-16-7-4-5-10-21-16/h4-11,13H,12H2,1-3H3,(H,23,24). The molecule has 3 rings (SSSR count). The highest BCUT2D eigenvalue weighted by Gasteiger charge is 2.17. The summed E-state index contributed by atoms with van der Waals surface area (Å²) in [6.07, 6.45) is 1.73. The maximum absolute atomic E-state index is 12.6. The Labute approximate surface area is 157 Å². The summed E-state index contributed by atoms with van der Waals surface area (Å²) in [6, 6.07) is 13.0. The molecule has 1 N–H and O–H groups in total. The van der Waals surface area contributed by atoms with Gasteiger partial charge >= 0.3 is 0 Å². The molecule has 1 aromatic carbocycles. The number of carbonyl (C=O) groups is 1. The number of hydrogen-bond donors (Lipinski definition) is 1. The molecular formula is C20H21N3O2S. The van der Waals surface area contributed by atoms with Crippen molar-refractivity contribution in [3.05, 3.63) is 69.9 Å². The summed E-state index contributed by atoms with van der Waals surface area (Å²) >= 11 is 1.44. The molecule has 0 saturated heterocycles. The second-order valence-electron chi connectivity index (χ2n) is 6.21. The molecule has 26 heavy (non-hydrogen) atoms. The van der Waals surface area contributed by atoms with Gasteiger partial charge in [0, 0.05) is 23.9 Å². The summed E-state index contributed by atoms with van der Waals surface area (Å²) in [5.74, 6) is 0.842. The molecule has 0 aliphatic heterocycles. The Bertz CT molecular complexity index is 891. The fourth-order valence-electron chi connectivity index (χ4n) is 2.37. The van der Waals surface area contributed by atoms with Crippen molar-refractivity contribution >= 4 is 22.9 Å². The Kier molecular flexibility index (Phi) is 5.63. The summed E-state index contributed by atoms with van der Waals surface area (Å²) in [5, 5.41) is 3.90. The topological polar surface area (TPSA) is 64.1 Å². The number of amides is 1. The number of nitrogens with one attached hydrogen (secondary N) is 1. The number of ether oxygens (including phenoxy) is 1. The molecule has 6 heteroatoms. The van der Waals surface area contributed by atoms with Crippen molar-refractivity contribution in [2.75, 3.05) is 5.32 Å². The SMILES string of the molecule is Cc1nc(C(C)C)sc1C(=O)Nc1cccc(OCc2ccccn2)c1. The monoisotopic (exact) mass is 367 g/mol. The Morgan fingerprint density at radius 2 is 2.08 bits per heavy atom. The molecule has 0 fully saturated rings. The van der Waals surface area contributed by atoms with Crippen LogP contribution in [-0.2, 0) is 6.61 Å². The fraction of sp³-hybridized carbons (Fsp3) is 0.250. The molecule has 0 aliphatic rings. The molecular weight excluding hydrogens is 346 g/mol. The summed E-state index contributed by atoms with van der Waals surface area (Å²) < 4.78 is 5.76. The summed E-state index contributed by atoms with van der Waals surface area (Å²) in [5.41, 5.74) is 2.30. The molecule has 0 bridgehead atoms. The molecule has 0 aliphatic carbocycles. The molecule has 2 aromatic heterocycles. The van der Waals surface area contributed by atoms with Gasteiger partial charge in [0.25, 0.3) is 5.91 Å². The van der Waals surface area contributed by atoms with Gasteiger partial charge in [-0.2, -0.15) is 0 Å². The van der Waals surface area contributed by atoms with Gasteiger partial charge in [0.1, 0.15) is 17.2 Å². The van der Waals surface area contributed by atoms with Crippen LogP contribution >= 0.6 is 11.3 Å². The first-order chi connectivity index (χ1) is 12.5. The van der Waals surface area contributed by atoms with Gasteiger partial charge in [0.2, 0.25) is 0 Å². The highest BCUT2D eigenvalue weighted by Crippen LogP contribution is 2.26. The highest BCUT2D eigenvalue weighted by atomic mass is 32.1. The molecule has 5 nitrogen and oxygen atoms in total. The molecule has 134 valence electrons. The zero-order valence-electron chi connectivity index (χ0n) is 15.0. The van der Waals surface area contributed by atoms with Gasteiger partial charge < -0.3 is 10.1 Å². The molecule has 1 amide bonds. The number of aryl methyl sites for hydroxylation is 1. The fourth-order valence-corrected chi connectivity index (χ4v) is 3.33. The molecule has 0 unspecified atom stereocenters. The number of pyridine rings is 1. The minimum atomic E-state index is -0.145. The average molecular weight is 367 g/mol. The van der Waals surface area contributed by atoms with E-state index in [-0.39, 0.29) is 5.91 Å². The van der Waals surface area contributed by atoms with Crippen molar-refractivity contribution in [1.82, 2.24) is 9.97 Å². The van der Waals surface area contributed by atoms with Gasteiger partial charge in [0.05, 0.1) is 16.4 Å². The third kappa shape index (κ3) is 4.46. The number of aromatic nitrogens is 2. The maximum Gasteiger partial charge on any atom is 0.267 e. The quantitative estimate of drug-likeness (QED) is 0.679. The van der Waals surface area contributed by atoms with E-state index in [0.29, 0.717) is 28.8 Å². The second-order valence-corrected chi connectivity index (χ2v) is 7.24. The Morgan fingerprint density at radius 3 is 2.77 bits per heavy atom. The molecule has 0 atom stereocenters. The number of hydrogen-bond acceptors (Lipinski definition) is 5. The van der Waals surface area contributed by atoms with Crippen LogP contribution < -0.4 is 10.1 Å². The van der Waals surface area contributed by atoms with Crippen LogP contribution in [0.1, 0.15) is 45.8 Å². The van der Waals surface area contributed by atoms with Crippen LogP contribution in [0, 0.1) is 6.92 Å². The first kappa shape index (κ1) is 18.1. The zero-order chi connectivity index (χ0) is 18.5. The average Bonchev–Trinajstić information content (AvgIpc) is 3.03. The third-order valence-electron chi connectivity index (χ3n) is 3.72. The van der Waals surface area contributed by atoms with Crippen molar-refractivity contribution in [3.63, 3.8) is 0 Å². The van der Waals surface area contributed by atoms with E-state index >= 15 is 0 Å². The predicted molar refractivity (Wildman–Crippen MR) is 104 cm³/mol. The summed E-state index contributed by atoms with van der Waals surface area (Å²) in [6.45, 7) is 6.39. The van der Waals surface area contributed by atoms with Crippen molar-refractivity contribution in [2.24, 2.45) is 0 Å². The van der Waals surface area contributed by atoms with Gasteiger partial charge in [-0.3, -0.25) is 9.78 Å². The maximum atomic E-state index is 12.6. The number of benzene rings is 1. The second kappa shape index (κ2) is 8.10. The number of rotatable bonds is 6. The van der Waals surface area contributed by atoms with Crippen LogP contribution in [-0.4, -0.2) is 15.9 Å². The summed E-state index contributed by atoms with van der Waals surface area (Å²) in [4.78, 5) is 21.9. The first-order valence-electron chi connectivity index (χ1n) is 8.44. The lowest BCUT2D eigenvalue weighted by molar-refractivity contribution is 0.103. The molecule has 3 aromatic rings. The minimum Gasteiger partial charge on any atom is -0.487 e. The van der Waals surface area contributed by atoms with Crippen LogP contribution in [0.15, 0.2) is 48.7 Å². The van der Waals surface area contributed by atoms with E-state index < -0.39 is 0 Å². The van der Waals surface area contributed by atoms with Gasteiger partial charge in [0.15, 0.2) is 0 Å². The number of carbonyl (C=O) groups excluding carboxylic acids is 1. The van der Waals surface area contributed by atoms with E-state index in [2.05, 4.69) is 29.1 Å². The minimum absolute atomic E-state index is 0.145. The molecule has 0 radical (unpaired) electrons. The zero-order valence-corrected chi connectivity index (χ0v) is 15.8. The molecule has 2 heterocycles. The smallest absolute Gasteiger partial charge is 0.267 e. The van der Waals surface area contributed by atoms with Gasteiger partial charge in [-0.05, 0) is 31.2 Å². The van der Waals surface area contributed by atoms with Crippen LogP contribution in [0.2, 0.25) is 0 Å². The van der Waals surface area contributed by atoms with E-state index in [4.69, 9.17) is 4.74 Å². The molecule has 0 spiro atoms. The Morgan fingerprint density at radius 1 is 1.23 bits per heavy atom. The number of anilines is 1. The van der Waals surface area contributed by atoms with Gasteiger partial charge in [-0.25, -0.2) is 4.98 Å². The van der Waals surface area contributed by atoms with E-state index in [9.17, 15) is 4.79 Å². The largest absolute Gasteiger partial charge is 0.487 e. The normalized spacial score (nSPS) is 10.8. The van der Waals surface area contributed by atoms with Crippen molar-refractivity contribution < 1.29 is 9.53 Å². The number of nitrogens with zero attached hydrogens (tertiary/aromatic N) is 2. The van der Waals surface area contributed by atoms with Crippen molar-refractivity contribution in [1.29, 1.82) is 0 Å². The Balaban J connectivity index is 1.67.